The number of aromatic nitrogens is 1. The van der Waals surface area contributed by atoms with Crippen LogP contribution < -0.4 is 10.6 Å². The number of amides is 3. The molecule has 3 aromatic rings. The van der Waals surface area contributed by atoms with E-state index in [1.807, 2.05) is 55.7 Å². The predicted octanol–water partition coefficient (Wildman–Crippen LogP) is 7.59. The molecule has 0 spiro atoms. The van der Waals surface area contributed by atoms with E-state index in [4.69, 9.17) is 4.74 Å². The highest BCUT2D eigenvalue weighted by Crippen LogP contribution is 2.41. The van der Waals surface area contributed by atoms with Crippen LogP contribution in [0.25, 0.3) is 11.1 Å². The van der Waals surface area contributed by atoms with Crippen molar-refractivity contribution in [3.8, 4) is 11.1 Å². The maximum atomic E-state index is 15.2. The first-order valence-corrected chi connectivity index (χ1v) is 26.1. The number of carboxylic acid groups (broad SMARTS) is 1. The lowest BCUT2D eigenvalue weighted by molar-refractivity contribution is -0.141. The molecule has 318 valence electrons. The molecule has 0 saturated heterocycles. The van der Waals surface area contributed by atoms with Crippen LogP contribution in [0, 0.1) is 17.0 Å². The first-order chi connectivity index (χ1) is 26.5. The fraction of sp³-hybridized carbons (Fsp3) is 0.524. The van der Waals surface area contributed by atoms with Crippen LogP contribution in [0.15, 0.2) is 60.8 Å². The van der Waals surface area contributed by atoms with Crippen molar-refractivity contribution in [2.75, 3.05) is 80.2 Å². The van der Waals surface area contributed by atoms with Crippen LogP contribution in [0.5, 0.6) is 0 Å². The highest BCUT2D eigenvalue weighted by Gasteiger charge is 2.37. The van der Waals surface area contributed by atoms with Crippen LogP contribution >= 0.6 is 31.8 Å². The number of nitrogens with zero attached hydrogens (tertiary/aromatic N) is 2. The monoisotopic (exact) mass is 852 g/mol. The molecule has 0 aliphatic rings. The number of nitrogens with one attached hydrogen (secondary N) is 2. The Labute approximate surface area is 344 Å². The van der Waals surface area contributed by atoms with Crippen molar-refractivity contribution in [1.82, 2.24) is 20.1 Å². The van der Waals surface area contributed by atoms with E-state index in [1.54, 1.807) is 17.2 Å². The van der Waals surface area contributed by atoms with Crippen molar-refractivity contribution in [1.29, 1.82) is 0 Å². The lowest BCUT2D eigenvalue weighted by Crippen LogP contribution is -2.45. The number of carbonyl (C=O) groups is 4. The Morgan fingerprint density at radius 2 is 1.61 bits per heavy atom. The summed E-state index contributed by atoms with van der Waals surface area (Å²) in [5.41, 5.74) is 1.59. The SMILES string of the molecule is CC(C)(C)[C@H](c1cc(-c2cc(F)ccc2F)cn1Cc1ccccc1)N(CCCNC(=O)OCCS(C)(C)C)C(=O)CSC[C@H](NC(=O)CCS(C)(C)C)C(=O)O. The molecule has 1 aromatic heterocycles. The molecule has 2 atom stereocenters. The number of carboxylic acids is 1. The van der Waals surface area contributed by atoms with Crippen LogP contribution in [0.2, 0.25) is 0 Å². The fourth-order valence-electron chi connectivity index (χ4n) is 6.07. The molecule has 2 aromatic carbocycles. The second-order valence-corrected chi connectivity index (χ2v) is 27.2. The topological polar surface area (TPSA) is 130 Å². The number of benzene rings is 2. The van der Waals surface area contributed by atoms with Gasteiger partial charge >= 0.3 is 12.1 Å². The Hall–Kier alpha value is -3.69. The van der Waals surface area contributed by atoms with Crippen molar-refractivity contribution < 1.29 is 37.8 Å². The van der Waals surface area contributed by atoms with Gasteiger partial charge in [-0.1, -0.05) is 51.1 Å². The lowest BCUT2D eigenvalue weighted by Gasteiger charge is -2.41. The van der Waals surface area contributed by atoms with Crippen molar-refractivity contribution >= 4 is 55.7 Å². The number of halogens is 2. The molecule has 3 amide bonds. The predicted molar refractivity (Wildman–Crippen MR) is 235 cm³/mol. The first-order valence-electron chi connectivity index (χ1n) is 18.9. The zero-order chi connectivity index (χ0) is 42.6. The number of hydrogen-bond donors (Lipinski definition) is 3. The largest absolute Gasteiger partial charge is 0.480 e. The van der Waals surface area contributed by atoms with E-state index in [0.717, 1.165) is 41.3 Å². The maximum absolute atomic E-state index is 15.2. The molecule has 10 nitrogen and oxygen atoms in total. The minimum atomic E-state index is -1.19. The molecule has 3 N–H and O–H groups in total. The lowest BCUT2D eigenvalue weighted by atomic mass is 9.83. The molecular formula is C42H62F2N4O6S3. The number of alkyl carbamates (subject to hydrolysis) is 1. The Kier molecular flexibility index (Phi) is 17.9. The zero-order valence-electron chi connectivity index (χ0n) is 34.9. The summed E-state index contributed by atoms with van der Waals surface area (Å²) in [5, 5.41) is 15.3. The van der Waals surface area contributed by atoms with Gasteiger partial charge in [-0.15, -0.1) is 11.8 Å². The minimum absolute atomic E-state index is 0.0275. The highest BCUT2D eigenvalue weighted by atomic mass is 32.3. The van der Waals surface area contributed by atoms with Gasteiger partial charge in [0.2, 0.25) is 11.8 Å². The quantitative estimate of drug-likeness (QED) is 0.0943. The first kappa shape index (κ1) is 47.7. The molecule has 15 heteroatoms. The molecule has 1 heterocycles. The average molecular weight is 853 g/mol. The fourth-order valence-corrected chi connectivity index (χ4v) is 8.37. The van der Waals surface area contributed by atoms with Gasteiger partial charge in [0.1, 0.15) is 24.3 Å². The van der Waals surface area contributed by atoms with E-state index >= 15 is 4.39 Å². The number of hydrogen-bond acceptors (Lipinski definition) is 6. The van der Waals surface area contributed by atoms with Gasteiger partial charge in [-0.05, 0) is 85.0 Å². The Bertz CT molecular complexity index is 1810. The molecular weight excluding hydrogens is 791 g/mol. The summed E-state index contributed by atoms with van der Waals surface area (Å²) in [4.78, 5) is 53.5. The Balaban J connectivity index is 1.96. The summed E-state index contributed by atoms with van der Waals surface area (Å²) in [6.45, 7) is 7.11. The molecule has 0 aliphatic heterocycles. The number of carbonyl (C=O) groups excluding carboxylic acids is 3. The summed E-state index contributed by atoms with van der Waals surface area (Å²) in [6.07, 6.45) is 14.5. The van der Waals surface area contributed by atoms with Crippen molar-refractivity contribution in [2.24, 2.45) is 5.41 Å². The summed E-state index contributed by atoms with van der Waals surface area (Å²) in [5.74, 6) is -1.65. The van der Waals surface area contributed by atoms with Crippen molar-refractivity contribution in [3.63, 3.8) is 0 Å². The van der Waals surface area contributed by atoms with E-state index in [-0.39, 0.29) is 48.4 Å². The molecule has 3 rings (SSSR count). The molecule has 0 bridgehead atoms. The van der Waals surface area contributed by atoms with Crippen LogP contribution in [-0.2, 0) is 25.7 Å². The van der Waals surface area contributed by atoms with E-state index < -0.39 is 61.3 Å². The second kappa shape index (κ2) is 21.4. The van der Waals surface area contributed by atoms with E-state index in [2.05, 4.69) is 48.2 Å². The Morgan fingerprint density at radius 3 is 2.23 bits per heavy atom. The van der Waals surface area contributed by atoms with E-state index in [0.29, 0.717) is 36.6 Å². The van der Waals surface area contributed by atoms with Gasteiger partial charge in [-0.2, -0.15) is 0 Å². The van der Waals surface area contributed by atoms with Gasteiger partial charge in [0.25, 0.3) is 0 Å². The second-order valence-electron chi connectivity index (χ2n) is 17.0. The number of ether oxygens (including phenoxy) is 1. The van der Waals surface area contributed by atoms with E-state index in [1.165, 1.54) is 0 Å². The number of aliphatic carboxylic acids is 1. The Morgan fingerprint density at radius 1 is 0.947 bits per heavy atom. The molecule has 0 unspecified atom stereocenters. The summed E-state index contributed by atoms with van der Waals surface area (Å²) in [6, 6.07) is 13.0. The minimum Gasteiger partial charge on any atom is -0.480 e. The summed E-state index contributed by atoms with van der Waals surface area (Å²) < 4.78 is 37.0. The third-order valence-corrected chi connectivity index (χ3v) is 12.8. The smallest absolute Gasteiger partial charge is 0.407 e. The normalized spacial score (nSPS) is 13.7. The third-order valence-electron chi connectivity index (χ3n) is 8.96. The number of rotatable bonds is 21. The maximum Gasteiger partial charge on any atom is 0.407 e. The molecule has 0 fully saturated rings. The van der Waals surface area contributed by atoms with Crippen LogP contribution in [0.4, 0.5) is 13.6 Å². The average Bonchev–Trinajstić information content (AvgIpc) is 3.50. The summed E-state index contributed by atoms with van der Waals surface area (Å²) >= 11 is 1.12. The van der Waals surface area contributed by atoms with Crippen LogP contribution in [0.3, 0.4) is 0 Å². The van der Waals surface area contributed by atoms with Gasteiger partial charge in [-0.3, -0.25) is 9.59 Å². The van der Waals surface area contributed by atoms with Crippen molar-refractivity contribution in [3.05, 3.63) is 83.7 Å². The molecule has 0 saturated carbocycles. The molecule has 0 aliphatic carbocycles. The standard InChI is InChI=1S/C42H62F2N4O6S3/c1-42(2,3)39(36-24-31(33-25-32(43)16-17-34(33)44)27-47(36)26-30-14-11-10-12-15-30)48(20-13-19-45-41(53)54-21-23-57(7,8)9)38(50)29-55-28-35(40(51)52)46-37(49)18-22-56(4,5)6/h10-12,14-17,24-25,27,35,39H,13,18-23,26,28-29H2,1-9H3,(H,45,53)(H,46,49)(H,51,52)/t35-,39-/m0/s1. The molecule has 57 heavy (non-hydrogen) atoms. The van der Waals surface area contributed by atoms with E-state index in [9.17, 15) is 28.7 Å². The van der Waals surface area contributed by atoms with Gasteiger partial charge < -0.3 is 29.9 Å². The van der Waals surface area contributed by atoms with Crippen molar-refractivity contribution in [2.45, 2.75) is 52.2 Å². The van der Waals surface area contributed by atoms with Gasteiger partial charge in [0.05, 0.1) is 11.8 Å². The molecule has 0 radical (unpaired) electrons. The van der Waals surface area contributed by atoms with Gasteiger partial charge in [-0.25, -0.2) is 38.4 Å². The third kappa shape index (κ3) is 16.6. The number of thioether (sulfide) groups is 1. The highest BCUT2D eigenvalue weighted by molar-refractivity contribution is 8.32. The van der Waals surface area contributed by atoms with Gasteiger partial charge in [0, 0.05) is 60.6 Å². The van der Waals surface area contributed by atoms with Crippen LogP contribution in [0.1, 0.15) is 50.9 Å². The van der Waals surface area contributed by atoms with Crippen LogP contribution in [-0.4, -0.2) is 125 Å². The zero-order valence-corrected chi connectivity index (χ0v) is 37.3. The van der Waals surface area contributed by atoms with Gasteiger partial charge in [0.15, 0.2) is 0 Å². The summed E-state index contributed by atoms with van der Waals surface area (Å²) in [7, 11) is -1.79.